The minimum atomic E-state index is 0.333. The van der Waals surface area contributed by atoms with Gasteiger partial charge in [0.25, 0.3) is 0 Å². The summed E-state index contributed by atoms with van der Waals surface area (Å²) in [6.07, 6.45) is 9.90. The summed E-state index contributed by atoms with van der Waals surface area (Å²) >= 11 is 5.62. The third-order valence-electron chi connectivity index (χ3n) is 3.56. The van der Waals surface area contributed by atoms with E-state index in [-0.39, 0.29) is 0 Å². The van der Waals surface area contributed by atoms with Crippen molar-refractivity contribution in [2.75, 3.05) is 5.88 Å². The average Bonchev–Trinajstić information content (AvgIpc) is 2.24. The predicted molar refractivity (Wildman–Crippen MR) is 58.4 cm³/mol. The van der Waals surface area contributed by atoms with E-state index in [1.807, 2.05) is 0 Å². The van der Waals surface area contributed by atoms with Crippen molar-refractivity contribution in [2.24, 2.45) is 17.8 Å². The number of hydrogen-bond acceptors (Lipinski definition) is 1. The maximum absolute atomic E-state index is 11.7. The summed E-state index contributed by atoms with van der Waals surface area (Å²) < 4.78 is 0. The second kappa shape index (κ2) is 4.48. The molecule has 0 aromatic heterocycles. The van der Waals surface area contributed by atoms with E-state index in [9.17, 15) is 4.79 Å². The van der Waals surface area contributed by atoms with Gasteiger partial charge in [-0.05, 0) is 31.6 Å². The highest BCUT2D eigenvalue weighted by molar-refractivity contribution is 6.17. The largest absolute Gasteiger partial charge is 0.299 e. The van der Waals surface area contributed by atoms with Gasteiger partial charge in [0.15, 0.2) is 0 Å². The van der Waals surface area contributed by atoms with Gasteiger partial charge in [-0.1, -0.05) is 18.6 Å². The van der Waals surface area contributed by atoms with E-state index >= 15 is 0 Å². The summed E-state index contributed by atoms with van der Waals surface area (Å²) in [6, 6.07) is 0. The van der Waals surface area contributed by atoms with Gasteiger partial charge in [-0.15, -0.1) is 11.6 Å². The van der Waals surface area contributed by atoms with Crippen LogP contribution in [0.25, 0.3) is 0 Å². The second-order valence-corrected chi connectivity index (χ2v) is 4.76. The van der Waals surface area contributed by atoms with Crippen LogP contribution in [0.4, 0.5) is 0 Å². The third-order valence-corrected chi connectivity index (χ3v) is 3.83. The predicted octanol–water partition coefficient (Wildman–Crippen LogP) is 3.18. The summed E-state index contributed by atoms with van der Waals surface area (Å²) in [4.78, 5) is 11.7. The van der Waals surface area contributed by atoms with Crippen LogP contribution in [0.2, 0.25) is 0 Å². The van der Waals surface area contributed by atoms with Crippen molar-refractivity contribution in [1.29, 1.82) is 0 Å². The topological polar surface area (TPSA) is 17.1 Å². The van der Waals surface area contributed by atoms with Gasteiger partial charge in [0.1, 0.15) is 5.78 Å². The van der Waals surface area contributed by atoms with Crippen molar-refractivity contribution in [1.82, 2.24) is 0 Å². The highest BCUT2D eigenvalue weighted by atomic mass is 35.5. The maximum Gasteiger partial charge on any atom is 0.140 e. The fraction of sp³-hybridized carbons (Fsp3) is 0.750. The Kier molecular flexibility index (Phi) is 3.27. The molecule has 0 aliphatic heterocycles. The molecule has 0 saturated heterocycles. The molecule has 2 aliphatic carbocycles. The van der Waals surface area contributed by atoms with Crippen LogP contribution in [0.15, 0.2) is 12.2 Å². The number of alkyl halides is 1. The summed E-state index contributed by atoms with van der Waals surface area (Å²) in [6.45, 7) is 0. The number of unbranched alkanes of at least 4 members (excludes halogenated alkanes) is 1. The molecular weight excluding hydrogens is 196 g/mol. The lowest BCUT2D eigenvalue weighted by molar-refractivity contribution is -0.141. The SMILES string of the molecule is O=C1C2CCC=CC2C1CCCCCl. The lowest BCUT2D eigenvalue weighted by atomic mass is 9.59. The highest BCUT2D eigenvalue weighted by Crippen LogP contribution is 2.45. The molecule has 78 valence electrons. The van der Waals surface area contributed by atoms with Crippen LogP contribution in [-0.2, 0) is 4.79 Å². The Morgan fingerprint density at radius 2 is 2.29 bits per heavy atom. The summed E-state index contributed by atoms with van der Waals surface area (Å²) in [7, 11) is 0. The number of halogens is 1. The van der Waals surface area contributed by atoms with Gasteiger partial charge in [-0.3, -0.25) is 4.79 Å². The van der Waals surface area contributed by atoms with Gasteiger partial charge in [0.05, 0.1) is 0 Å². The molecular formula is C12H17ClO. The van der Waals surface area contributed by atoms with Crippen molar-refractivity contribution >= 4 is 17.4 Å². The number of ketones is 1. The Balaban J connectivity index is 1.84. The maximum atomic E-state index is 11.7. The molecule has 0 aromatic carbocycles. The molecule has 0 bridgehead atoms. The summed E-state index contributed by atoms with van der Waals surface area (Å²) in [5.74, 6) is 2.53. The lowest BCUT2D eigenvalue weighted by Gasteiger charge is -2.43. The van der Waals surface area contributed by atoms with Crippen LogP contribution in [0, 0.1) is 17.8 Å². The molecule has 1 nitrogen and oxygen atoms in total. The zero-order valence-electron chi connectivity index (χ0n) is 8.42. The monoisotopic (exact) mass is 212 g/mol. The van der Waals surface area contributed by atoms with E-state index in [1.54, 1.807) is 0 Å². The smallest absolute Gasteiger partial charge is 0.140 e. The average molecular weight is 213 g/mol. The number of fused-ring (bicyclic) bond motifs is 1. The van der Waals surface area contributed by atoms with Crippen LogP contribution in [0.3, 0.4) is 0 Å². The summed E-state index contributed by atoms with van der Waals surface area (Å²) in [5.41, 5.74) is 0. The zero-order valence-corrected chi connectivity index (χ0v) is 9.17. The first-order valence-electron chi connectivity index (χ1n) is 5.61. The molecule has 0 aromatic rings. The van der Waals surface area contributed by atoms with E-state index in [0.717, 1.165) is 38.0 Å². The van der Waals surface area contributed by atoms with E-state index in [2.05, 4.69) is 12.2 Å². The highest BCUT2D eigenvalue weighted by Gasteiger charge is 2.47. The van der Waals surface area contributed by atoms with Crippen molar-refractivity contribution in [3.8, 4) is 0 Å². The number of allylic oxidation sites excluding steroid dienone is 2. The minimum Gasteiger partial charge on any atom is -0.299 e. The first kappa shape index (κ1) is 10.2. The lowest BCUT2D eigenvalue weighted by Crippen LogP contribution is -2.47. The molecule has 1 saturated carbocycles. The number of carbonyl (C=O) groups excluding carboxylic acids is 1. The Morgan fingerprint density at radius 1 is 1.43 bits per heavy atom. The normalized spacial score (nSPS) is 35.2. The van der Waals surface area contributed by atoms with Gasteiger partial charge in [0.2, 0.25) is 0 Å². The minimum absolute atomic E-state index is 0.333. The van der Waals surface area contributed by atoms with Crippen LogP contribution >= 0.6 is 11.6 Å². The molecule has 3 atom stereocenters. The fourth-order valence-electron chi connectivity index (χ4n) is 2.74. The van der Waals surface area contributed by atoms with Crippen molar-refractivity contribution in [3.05, 3.63) is 12.2 Å². The fourth-order valence-corrected chi connectivity index (χ4v) is 2.93. The van der Waals surface area contributed by atoms with E-state index in [4.69, 9.17) is 11.6 Å². The van der Waals surface area contributed by atoms with Crippen LogP contribution in [0.1, 0.15) is 32.1 Å². The van der Waals surface area contributed by atoms with Crippen molar-refractivity contribution in [3.63, 3.8) is 0 Å². The van der Waals surface area contributed by atoms with Gasteiger partial charge in [-0.25, -0.2) is 0 Å². The molecule has 0 radical (unpaired) electrons. The molecule has 0 N–H and O–H groups in total. The first-order chi connectivity index (χ1) is 6.84. The number of Topliss-reactive ketones (excluding diaryl/α,β-unsaturated/α-hetero) is 1. The molecule has 1 fully saturated rings. The van der Waals surface area contributed by atoms with E-state index in [0.29, 0.717) is 23.5 Å². The third kappa shape index (κ3) is 1.75. The molecule has 2 rings (SSSR count). The Hall–Kier alpha value is -0.300. The van der Waals surface area contributed by atoms with Crippen molar-refractivity contribution < 1.29 is 4.79 Å². The van der Waals surface area contributed by atoms with Crippen LogP contribution in [0.5, 0.6) is 0 Å². The number of carbonyl (C=O) groups is 1. The first-order valence-corrected chi connectivity index (χ1v) is 6.14. The summed E-state index contributed by atoms with van der Waals surface area (Å²) in [5, 5.41) is 0. The van der Waals surface area contributed by atoms with E-state index in [1.165, 1.54) is 0 Å². The Labute approximate surface area is 90.5 Å². The van der Waals surface area contributed by atoms with Crippen LogP contribution in [-0.4, -0.2) is 11.7 Å². The van der Waals surface area contributed by atoms with Gasteiger partial charge >= 0.3 is 0 Å². The Morgan fingerprint density at radius 3 is 3.07 bits per heavy atom. The van der Waals surface area contributed by atoms with Gasteiger partial charge in [0, 0.05) is 17.7 Å². The van der Waals surface area contributed by atoms with Gasteiger partial charge < -0.3 is 0 Å². The number of hydrogen-bond donors (Lipinski definition) is 0. The molecule has 0 spiro atoms. The molecule has 2 aliphatic rings. The Bertz CT molecular complexity index is 247. The zero-order chi connectivity index (χ0) is 9.97. The number of rotatable bonds is 4. The molecule has 0 heterocycles. The molecule has 0 amide bonds. The quantitative estimate of drug-likeness (QED) is 0.398. The van der Waals surface area contributed by atoms with E-state index < -0.39 is 0 Å². The standard InChI is InChI=1S/C12H17ClO/c13-8-4-3-7-11-9-5-1-2-6-10(9)12(11)14/h1,5,9-11H,2-4,6-8H2. The van der Waals surface area contributed by atoms with Gasteiger partial charge in [-0.2, -0.15) is 0 Å². The molecule has 14 heavy (non-hydrogen) atoms. The van der Waals surface area contributed by atoms with Crippen molar-refractivity contribution in [2.45, 2.75) is 32.1 Å². The molecule has 3 unspecified atom stereocenters. The van der Waals surface area contributed by atoms with Crippen LogP contribution < -0.4 is 0 Å². The second-order valence-electron chi connectivity index (χ2n) is 4.38. The molecule has 2 heteroatoms.